The monoisotopic (exact) mass is 417 g/mol. The van der Waals surface area contributed by atoms with Crippen molar-refractivity contribution in [1.29, 1.82) is 0 Å². The summed E-state index contributed by atoms with van der Waals surface area (Å²) in [5, 5.41) is 11.7. The maximum absolute atomic E-state index is 13.5. The number of piperidine rings is 1. The van der Waals surface area contributed by atoms with E-state index in [0.29, 0.717) is 29.9 Å². The first-order valence-electron chi connectivity index (χ1n) is 11.0. The van der Waals surface area contributed by atoms with E-state index in [2.05, 4.69) is 9.88 Å². The summed E-state index contributed by atoms with van der Waals surface area (Å²) in [4.78, 5) is 20.4. The highest BCUT2D eigenvalue weighted by Gasteiger charge is 2.25. The van der Waals surface area contributed by atoms with Crippen LogP contribution in [0.5, 0.6) is 5.75 Å². The molecule has 31 heavy (non-hydrogen) atoms. The van der Waals surface area contributed by atoms with Crippen LogP contribution < -0.4 is 0 Å². The van der Waals surface area contributed by atoms with Gasteiger partial charge in [-0.2, -0.15) is 0 Å². The van der Waals surface area contributed by atoms with Crippen LogP contribution >= 0.6 is 0 Å². The Hall–Kier alpha value is -3.12. The third-order valence-corrected chi connectivity index (χ3v) is 6.46. The number of aryl methyl sites for hydroxylation is 2. The van der Waals surface area contributed by atoms with Crippen molar-refractivity contribution in [3.63, 3.8) is 0 Å². The molecule has 0 unspecified atom stereocenters. The summed E-state index contributed by atoms with van der Waals surface area (Å²) >= 11 is 0. The molecule has 160 valence electrons. The van der Waals surface area contributed by atoms with Gasteiger partial charge in [-0.25, -0.2) is 4.98 Å². The van der Waals surface area contributed by atoms with E-state index < -0.39 is 0 Å². The molecule has 0 bridgehead atoms. The van der Waals surface area contributed by atoms with Crippen molar-refractivity contribution in [2.45, 2.75) is 39.2 Å². The molecule has 1 N–H and O–H groups in total. The number of furan rings is 1. The highest BCUT2D eigenvalue weighted by atomic mass is 16.3. The zero-order chi connectivity index (χ0) is 21.5. The molecular formula is C25H27N3O3. The molecule has 0 radical (unpaired) electrons. The van der Waals surface area contributed by atoms with Gasteiger partial charge in [0, 0.05) is 19.0 Å². The fourth-order valence-electron chi connectivity index (χ4n) is 4.69. The SMILES string of the molecule is CCc1cc2c(C(=O)c3nc4ccccc4n3C)coc2c(CN2CCCCC2)c1O. The number of imidazole rings is 1. The van der Waals surface area contributed by atoms with Gasteiger partial charge in [-0.3, -0.25) is 9.69 Å². The number of phenols is 1. The van der Waals surface area contributed by atoms with E-state index in [-0.39, 0.29) is 11.5 Å². The maximum Gasteiger partial charge on any atom is 0.232 e. The van der Waals surface area contributed by atoms with E-state index in [1.54, 1.807) is 0 Å². The smallest absolute Gasteiger partial charge is 0.232 e. The molecule has 3 heterocycles. The Bertz CT molecular complexity index is 1280. The summed E-state index contributed by atoms with van der Waals surface area (Å²) in [6.45, 7) is 4.68. The second-order valence-electron chi connectivity index (χ2n) is 8.39. The number of carbonyl (C=O) groups is 1. The van der Waals surface area contributed by atoms with E-state index in [9.17, 15) is 9.90 Å². The molecule has 1 aliphatic heterocycles. The Balaban J connectivity index is 1.62. The van der Waals surface area contributed by atoms with Crippen LogP contribution in [0.1, 0.15) is 53.5 Å². The van der Waals surface area contributed by atoms with Gasteiger partial charge in [-0.15, -0.1) is 0 Å². The number of hydrogen-bond acceptors (Lipinski definition) is 5. The second kappa shape index (κ2) is 7.85. The number of carbonyl (C=O) groups excluding carboxylic acids is 1. The standard InChI is InChI=1S/C25H27N3O3/c1-3-16-13-17-19(23(30)25-26-20-9-5-6-10-21(20)27(25)2)15-31-24(17)18(22(16)29)14-28-11-7-4-8-12-28/h5-6,9-10,13,15,29H,3-4,7-8,11-12,14H2,1-2H3. The number of rotatable bonds is 5. The van der Waals surface area contributed by atoms with Crippen molar-refractivity contribution in [1.82, 2.24) is 14.5 Å². The number of para-hydroxylation sites is 2. The van der Waals surface area contributed by atoms with Crippen LogP contribution in [0, 0.1) is 0 Å². The zero-order valence-corrected chi connectivity index (χ0v) is 18.0. The summed E-state index contributed by atoms with van der Waals surface area (Å²) in [5.41, 5.74) is 4.40. The van der Waals surface area contributed by atoms with E-state index in [4.69, 9.17) is 4.42 Å². The van der Waals surface area contributed by atoms with Crippen molar-refractivity contribution in [2.24, 2.45) is 7.05 Å². The molecular weight excluding hydrogens is 390 g/mol. The number of aromatic nitrogens is 2. The first kappa shape index (κ1) is 19.8. The lowest BCUT2D eigenvalue weighted by Gasteiger charge is -2.27. The molecule has 2 aromatic heterocycles. The van der Waals surface area contributed by atoms with Crippen molar-refractivity contribution >= 4 is 27.8 Å². The van der Waals surface area contributed by atoms with Gasteiger partial charge >= 0.3 is 0 Å². The van der Waals surface area contributed by atoms with E-state index in [1.807, 2.05) is 48.9 Å². The molecule has 4 aromatic rings. The molecule has 6 heteroatoms. The fourth-order valence-corrected chi connectivity index (χ4v) is 4.69. The van der Waals surface area contributed by atoms with Crippen molar-refractivity contribution in [3.05, 3.63) is 59.1 Å². The molecule has 0 saturated carbocycles. The van der Waals surface area contributed by atoms with Gasteiger partial charge in [-0.05, 0) is 56.1 Å². The summed E-state index contributed by atoms with van der Waals surface area (Å²) in [5.74, 6) is 0.498. The largest absolute Gasteiger partial charge is 0.507 e. The number of hydrogen-bond donors (Lipinski definition) is 1. The van der Waals surface area contributed by atoms with Gasteiger partial charge in [0.05, 0.1) is 22.2 Å². The molecule has 1 fully saturated rings. The van der Waals surface area contributed by atoms with Crippen LogP contribution in [-0.2, 0) is 20.0 Å². The molecule has 0 atom stereocenters. The third kappa shape index (κ3) is 3.31. The number of benzene rings is 2. The minimum Gasteiger partial charge on any atom is -0.507 e. The molecule has 0 aliphatic carbocycles. The van der Waals surface area contributed by atoms with Crippen LogP contribution in [0.15, 0.2) is 41.0 Å². The predicted molar refractivity (Wildman–Crippen MR) is 121 cm³/mol. The molecule has 1 saturated heterocycles. The molecule has 6 nitrogen and oxygen atoms in total. The number of ketones is 1. The van der Waals surface area contributed by atoms with Gasteiger partial charge in [0.15, 0.2) is 5.82 Å². The molecule has 1 aliphatic rings. The fraction of sp³-hybridized carbons (Fsp3) is 0.360. The topological polar surface area (TPSA) is 71.5 Å². The van der Waals surface area contributed by atoms with Crippen LogP contribution in [0.3, 0.4) is 0 Å². The predicted octanol–water partition coefficient (Wildman–Crippen LogP) is 4.80. The van der Waals surface area contributed by atoms with Crippen molar-refractivity contribution in [3.8, 4) is 5.75 Å². The first-order chi connectivity index (χ1) is 15.1. The second-order valence-corrected chi connectivity index (χ2v) is 8.39. The van der Waals surface area contributed by atoms with Crippen LogP contribution in [0.4, 0.5) is 0 Å². The van der Waals surface area contributed by atoms with Crippen LogP contribution in [-0.4, -0.2) is 38.4 Å². The average molecular weight is 418 g/mol. The third-order valence-electron chi connectivity index (χ3n) is 6.46. The van der Waals surface area contributed by atoms with Gasteiger partial charge in [0.25, 0.3) is 0 Å². The molecule has 5 rings (SSSR count). The Morgan fingerprint density at radius 1 is 1.19 bits per heavy atom. The van der Waals surface area contributed by atoms with Crippen LogP contribution in [0.25, 0.3) is 22.0 Å². The normalized spacial score (nSPS) is 15.2. The number of phenolic OH excluding ortho intramolecular Hbond substituents is 1. The van der Waals surface area contributed by atoms with Gasteiger partial charge in [-0.1, -0.05) is 25.5 Å². The number of likely N-dealkylation sites (tertiary alicyclic amines) is 1. The Morgan fingerprint density at radius 2 is 1.97 bits per heavy atom. The lowest BCUT2D eigenvalue weighted by atomic mass is 9.98. The Kier molecular flexibility index (Phi) is 5.02. The summed E-state index contributed by atoms with van der Waals surface area (Å²) < 4.78 is 7.74. The zero-order valence-electron chi connectivity index (χ0n) is 18.0. The molecule has 0 amide bonds. The maximum atomic E-state index is 13.5. The van der Waals surface area contributed by atoms with E-state index in [0.717, 1.165) is 40.6 Å². The highest BCUT2D eigenvalue weighted by molar-refractivity contribution is 6.15. The van der Waals surface area contributed by atoms with Crippen LogP contribution in [0.2, 0.25) is 0 Å². The van der Waals surface area contributed by atoms with Gasteiger partial charge in [0.2, 0.25) is 5.78 Å². The van der Waals surface area contributed by atoms with Crippen molar-refractivity contribution in [2.75, 3.05) is 13.1 Å². The molecule has 0 spiro atoms. The Labute approximate surface area is 181 Å². The molecule has 2 aromatic carbocycles. The van der Waals surface area contributed by atoms with Gasteiger partial charge < -0.3 is 14.1 Å². The number of fused-ring (bicyclic) bond motifs is 2. The highest BCUT2D eigenvalue weighted by Crippen LogP contribution is 2.36. The minimum atomic E-state index is -0.172. The summed E-state index contributed by atoms with van der Waals surface area (Å²) in [7, 11) is 1.86. The number of aromatic hydroxyl groups is 1. The van der Waals surface area contributed by atoms with E-state index >= 15 is 0 Å². The van der Waals surface area contributed by atoms with Gasteiger partial charge in [0.1, 0.15) is 17.6 Å². The summed E-state index contributed by atoms with van der Waals surface area (Å²) in [6, 6.07) is 9.61. The quantitative estimate of drug-likeness (QED) is 0.472. The van der Waals surface area contributed by atoms with Crippen molar-refractivity contribution < 1.29 is 14.3 Å². The summed E-state index contributed by atoms with van der Waals surface area (Å²) in [6.07, 6.45) is 5.80. The first-order valence-corrected chi connectivity index (χ1v) is 11.0. The lowest BCUT2D eigenvalue weighted by molar-refractivity contribution is 0.102. The lowest BCUT2D eigenvalue weighted by Crippen LogP contribution is -2.29. The Morgan fingerprint density at radius 3 is 2.71 bits per heavy atom. The van der Waals surface area contributed by atoms with E-state index in [1.165, 1.54) is 25.5 Å². The minimum absolute atomic E-state index is 0.172. The number of nitrogens with zero attached hydrogens (tertiary/aromatic N) is 3. The average Bonchev–Trinajstić information content (AvgIpc) is 3.37.